The molecule has 3 unspecified atom stereocenters. The molecule has 4 aromatic rings. The maximum atomic E-state index is 15.0. The van der Waals surface area contributed by atoms with Crippen molar-refractivity contribution in [3.05, 3.63) is 84.2 Å². The number of nitrogen functional groups attached to an aromatic ring is 1. The second-order valence-corrected chi connectivity index (χ2v) is 13.2. The molecule has 3 aliphatic rings. The molecule has 0 radical (unpaired) electrons. The fourth-order valence-corrected chi connectivity index (χ4v) is 7.83. The van der Waals surface area contributed by atoms with E-state index in [1.807, 2.05) is 0 Å². The summed E-state index contributed by atoms with van der Waals surface area (Å²) in [5, 5.41) is 3.40. The van der Waals surface area contributed by atoms with E-state index in [1.54, 1.807) is 45.0 Å². The van der Waals surface area contributed by atoms with Crippen molar-refractivity contribution >= 4 is 52.2 Å². The van der Waals surface area contributed by atoms with Gasteiger partial charge in [-0.15, -0.1) is 0 Å². The summed E-state index contributed by atoms with van der Waals surface area (Å²) >= 11 is 7.68. The van der Waals surface area contributed by atoms with E-state index in [0.29, 0.717) is 27.6 Å². The van der Waals surface area contributed by atoms with E-state index in [-0.39, 0.29) is 69.0 Å². The largest absolute Gasteiger partial charge is 0.496 e. The predicted molar refractivity (Wildman–Crippen MR) is 182 cm³/mol. The van der Waals surface area contributed by atoms with Crippen LogP contribution in [0.1, 0.15) is 63.0 Å². The van der Waals surface area contributed by atoms with Gasteiger partial charge in [0.1, 0.15) is 38.5 Å². The number of carbonyl (C=O) groups is 3. The molecule has 2 aromatic heterocycles. The summed E-state index contributed by atoms with van der Waals surface area (Å²) in [5.74, 6) is -2.64. The fraction of sp³-hybridized carbons (Fsp3) is 0.294. The van der Waals surface area contributed by atoms with Crippen LogP contribution in [0.3, 0.4) is 0 Å². The van der Waals surface area contributed by atoms with Gasteiger partial charge >= 0.3 is 5.97 Å². The number of halogens is 1. The van der Waals surface area contributed by atoms with Crippen molar-refractivity contribution in [3.8, 4) is 28.2 Å². The van der Waals surface area contributed by atoms with Gasteiger partial charge in [0.15, 0.2) is 5.75 Å². The summed E-state index contributed by atoms with van der Waals surface area (Å²) in [6, 6.07) is 8.14. The number of hydrogen-bond acceptors (Lipinski definition) is 14. The van der Waals surface area contributed by atoms with Gasteiger partial charge in [0.25, 0.3) is 10.8 Å². The zero-order valence-electron chi connectivity index (χ0n) is 27.4. The highest BCUT2D eigenvalue weighted by Gasteiger charge is 2.63. The SMILES string of the molecule is CCOC(=O)c1sc(Oc2ccc(C3C4=C(CC(C)C5(Oc6c(Cl)c(OC)cc(OC)c6C5=O)C4=O)Nc4nc(N)[nH]c(=O)c43)cc2)nc1C. The number of methoxy groups -OCH3 is 2. The molecular weight excluding hydrogens is 690 g/mol. The number of ether oxygens (including phenoxy) is 5. The smallest absolute Gasteiger partial charge is 0.350 e. The first-order chi connectivity index (χ1) is 23.9. The minimum atomic E-state index is -2.02. The van der Waals surface area contributed by atoms with E-state index in [4.69, 9.17) is 41.0 Å². The molecule has 2 aromatic carbocycles. The number of esters is 1. The third-order valence-corrected chi connectivity index (χ3v) is 10.4. The van der Waals surface area contributed by atoms with Crippen LogP contribution < -0.4 is 35.6 Å². The lowest BCUT2D eigenvalue weighted by atomic mass is 9.66. The molecule has 0 saturated heterocycles. The number of nitrogens with two attached hydrogens (primary N) is 1. The number of nitrogens with one attached hydrogen (secondary N) is 2. The maximum absolute atomic E-state index is 15.0. The molecule has 2 aliphatic heterocycles. The molecule has 14 nitrogen and oxygen atoms in total. The number of fused-ring (bicyclic) bond motifs is 2. The second-order valence-electron chi connectivity index (χ2n) is 11.8. The van der Waals surface area contributed by atoms with E-state index in [2.05, 4.69) is 20.3 Å². The molecule has 4 N–H and O–H groups in total. The van der Waals surface area contributed by atoms with Crippen molar-refractivity contribution in [1.29, 1.82) is 0 Å². The number of Topliss-reactive ketones (excluding diaryl/α,β-unsaturated/α-hetero) is 2. The van der Waals surface area contributed by atoms with Crippen LogP contribution in [0.15, 0.2) is 46.4 Å². The van der Waals surface area contributed by atoms with Crippen LogP contribution in [0, 0.1) is 12.8 Å². The topological polar surface area (TPSA) is 194 Å². The summed E-state index contributed by atoms with van der Waals surface area (Å²) in [6.07, 6.45) is 0.176. The standard InChI is InChI=1S/C34H30ClN5O9S/c1-6-47-31(44)26-14(3)37-33(50-26)48-16-9-7-15(8-10-16)20-21-17(38-29-23(20)30(43)40-32(36)39-29)11-13(2)34(27(21)41)28(42)22-18(45-4)12-19(46-5)24(35)25(22)49-34/h7-10,12-13,20H,6,11H2,1-5H3,(H4,36,38,39,40,43). The first-order valence-electron chi connectivity index (χ1n) is 15.5. The molecule has 0 saturated carbocycles. The number of carbonyl (C=O) groups excluding carboxylic acids is 3. The first kappa shape index (κ1) is 33.1. The molecule has 4 heterocycles. The molecule has 7 rings (SSSR count). The van der Waals surface area contributed by atoms with E-state index < -0.39 is 40.5 Å². The summed E-state index contributed by atoms with van der Waals surface area (Å²) in [7, 11) is 2.80. The lowest BCUT2D eigenvalue weighted by molar-refractivity contribution is -0.130. The number of hydrogen-bond donors (Lipinski definition) is 3. The van der Waals surface area contributed by atoms with Crippen molar-refractivity contribution in [1.82, 2.24) is 15.0 Å². The molecule has 0 amide bonds. The third-order valence-electron chi connectivity index (χ3n) is 9.01. The molecule has 1 spiro atoms. The minimum Gasteiger partial charge on any atom is -0.496 e. The number of allylic oxidation sites excluding steroid dienone is 1. The van der Waals surface area contributed by atoms with Crippen molar-refractivity contribution in [2.24, 2.45) is 5.92 Å². The highest BCUT2D eigenvalue weighted by atomic mass is 35.5. The van der Waals surface area contributed by atoms with Crippen molar-refractivity contribution in [2.75, 3.05) is 31.9 Å². The number of H-pyrrole nitrogens is 1. The summed E-state index contributed by atoms with van der Waals surface area (Å²) in [4.78, 5) is 66.7. The lowest BCUT2D eigenvalue weighted by Gasteiger charge is -2.42. The van der Waals surface area contributed by atoms with Gasteiger partial charge in [-0.3, -0.25) is 19.4 Å². The number of anilines is 2. The number of aromatic amines is 1. The first-order valence-corrected chi connectivity index (χ1v) is 16.7. The van der Waals surface area contributed by atoms with Gasteiger partial charge in [0.05, 0.1) is 32.1 Å². The number of aryl methyl sites for hydroxylation is 1. The average Bonchev–Trinajstić information content (AvgIpc) is 3.61. The maximum Gasteiger partial charge on any atom is 0.350 e. The van der Waals surface area contributed by atoms with E-state index in [1.165, 1.54) is 20.3 Å². The number of rotatable bonds is 7. The van der Waals surface area contributed by atoms with Gasteiger partial charge in [-0.2, -0.15) is 4.98 Å². The Morgan fingerprint density at radius 2 is 1.84 bits per heavy atom. The molecular formula is C34H30ClN5O9S. The Morgan fingerprint density at radius 1 is 1.12 bits per heavy atom. The minimum absolute atomic E-state index is 0.0184. The highest BCUT2D eigenvalue weighted by Crippen LogP contribution is 2.56. The van der Waals surface area contributed by atoms with Gasteiger partial charge in [-0.05, 0) is 38.0 Å². The number of aromatic nitrogens is 3. The van der Waals surface area contributed by atoms with Crippen LogP contribution in [0.25, 0.3) is 0 Å². The Bertz CT molecular complexity index is 2210. The van der Waals surface area contributed by atoms with Crippen LogP contribution in [0.5, 0.6) is 28.2 Å². The van der Waals surface area contributed by atoms with E-state index in [0.717, 1.165) is 11.3 Å². The highest BCUT2D eigenvalue weighted by molar-refractivity contribution is 7.15. The molecule has 16 heteroatoms. The molecule has 0 fully saturated rings. The monoisotopic (exact) mass is 719 g/mol. The molecule has 258 valence electrons. The van der Waals surface area contributed by atoms with Crippen LogP contribution >= 0.6 is 22.9 Å². The van der Waals surface area contributed by atoms with Gasteiger partial charge in [0.2, 0.25) is 23.1 Å². The van der Waals surface area contributed by atoms with Crippen molar-refractivity contribution < 1.29 is 38.1 Å². The fourth-order valence-electron chi connectivity index (χ4n) is 6.73. The Kier molecular flexibility index (Phi) is 8.06. The van der Waals surface area contributed by atoms with E-state index >= 15 is 0 Å². The molecule has 3 atom stereocenters. The van der Waals surface area contributed by atoms with Crippen LogP contribution in [-0.4, -0.2) is 58.9 Å². The summed E-state index contributed by atoms with van der Waals surface area (Å²) < 4.78 is 28.3. The summed E-state index contributed by atoms with van der Waals surface area (Å²) in [6.45, 7) is 5.36. The molecule has 1 aliphatic carbocycles. The van der Waals surface area contributed by atoms with Gasteiger partial charge in [-0.1, -0.05) is 42.0 Å². The lowest BCUT2D eigenvalue weighted by Crippen LogP contribution is -2.58. The molecule has 0 bridgehead atoms. The van der Waals surface area contributed by atoms with Gasteiger partial charge < -0.3 is 34.7 Å². The zero-order chi connectivity index (χ0) is 35.6. The van der Waals surface area contributed by atoms with Gasteiger partial charge in [0, 0.05) is 29.2 Å². The number of thiazole rings is 1. The number of nitrogens with zero attached hydrogens (tertiary/aromatic N) is 2. The van der Waals surface area contributed by atoms with Gasteiger partial charge in [-0.25, -0.2) is 9.78 Å². The third kappa shape index (κ3) is 4.90. The second kappa shape index (κ2) is 12.2. The van der Waals surface area contributed by atoms with Crippen LogP contribution in [0.4, 0.5) is 11.8 Å². The quantitative estimate of drug-likeness (QED) is 0.167. The van der Waals surface area contributed by atoms with Crippen molar-refractivity contribution in [3.63, 3.8) is 0 Å². The molecule has 50 heavy (non-hydrogen) atoms. The number of benzene rings is 2. The average molecular weight is 720 g/mol. The Balaban J connectivity index is 1.31. The van der Waals surface area contributed by atoms with Crippen molar-refractivity contribution in [2.45, 2.75) is 38.7 Å². The predicted octanol–water partition coefficient (Wildman–Crippen LogP) is 5.19. The Labute approximate surface area is 293 Å². The van der Waals surface area contributed by atoms with Crippen LogP contribution in [0.2, 0.25) is 5.02 Å². The normalized spacial score (nSPS) is 20.4. The number of ketones is 2. The zero-order valence-corrected chi connectivity index (χ0v) is 29.0. The van der Waals surface area contributed by atoms with E-state index in [9.17, 15) is 19.2 Å². The van der Waals surface area contributed by atoms with Crippen LogP contribution in [-0.2, 0) is 9.53 Å². The summed E-state index contributed by atoms with van der Waals surface area (Å²) in [5.41, 5.74) is 5.09. The Hall–Kier alpha value is -5.41. The Morgan fingerprint density at radius 3 is 2.52 bits per heavy atom.